The maximum atomic E-state index is 5.32. The van der Waals surface area contributed by atoms with Crippen LogP contribution in [0.2, 0.25) is 0 Å². The smallest absolute Gasteiger partial charge is 0.164 e. The van der Waals surface area contributed by atoms with Gasteiger partial charge in [0.1, 0.15) is 0 Å². The largest absolute Gasteiger partial charge is 0.309 e. The van der Waals surface area contributed by atoms with Crippen molar-refractivity contribution in [2.75, 3.05) is 0 Å². The second-order valence-corrected chi connectivity index (χ2v) is 16.5. The average molecular weight is 831 g/mol. The number of fused-ring (bicyclic) bond motifs is 9. The summed E-state index contributed by atoms with van der Waals surface area (Å²) in [6.45, 7) is 4.07. The van der Waals surface area contributed by atoms with Gasteiger partial charge in [-0.25, -0.2) is 15.0 Å². The molecule has 0 N–H and O–H groups in total. The number of para-hydroxylation sites is 5. The van der Waals surface area contributed by atoms with Crippen molar-refractivity contribution in [3.8, 4) is 51.2 Å². The molecule has 0 spiro atoms. The van der Waals surface area contributed by atoms with Gasteiger partial charge in [-0.15, -0.1) is 0 Å². The van der Waals surface area contributed by atoms with E-state index in [4.69, 9.17) is 15.0 Å². The molecule has 0 aliphatic heterocycles. The van der Waals surface area contributed by atoms with Gasteiger partial charge in [0.05, 0.1) is 33.1 Å². The molecule has 0 atom stereocenters. The molecule has 0 amide bonds. The molecule has 0 aliphatic rings. The Morgan fingerprint density at radius 3 is 0.938 bits per heavy atom. The molecule has 6 heteroatoms. The molecule has 0 unspecified atom stereocenters. The molecule has 4 heterocycles. The Labute approximate surface area is 374 Å². The lowest BCUT2D eigenvalue weighted by Gasteiger charge is -2.13. The topological polar surface area (TPSA) is 53.5 Å². The minimum Gasteiger partial charge on any atom is -0.309 e. The number of aromatic nitrogens is 6. The molecule has 9 aromatic carbocycles. The first-order chi connectivity index (χ1) is 32.2. The number of hydrogen-bond donors (Lipinski definition) is 0. The van der Waals surface area contributed by atoms with Crippen molar-refractivity contribution >= 4 is 71.5 Å². The lowest BCUT2D eigenvalue weighted by atomic mass is 10.1. The Kier molecular flexibility index (Phi) is 8.26. The number of hydrogen-bond acceptors (Lipinski definition) is 3. The molecule has 65 heavy (non-hydrogen) atoms. The van der Waals surface area contributed by atoms with Gasteiger partial charge in [-0.3, -0.25) is 0 Å². The summed E-state index contributed by atoms with van der Waals surface area (Å²) in [6, 6.07) is 75.1. The van der Waals surface area contributed by atoms with Gasteiger partial charge in [-0.1, -0.05) is 152 Å². The molecule has 0 bridgehead atoms. The van der Waals surface area contributed by atoms with Crippen LogP contribution in [0.4, 0.5) is 0 Å². The summed E-state index contributed by atoms with van der Waals surface area (Å²) in [6.07, 6.45) is 1.90. The highest BCUT2D eigenvalue weighted by Gasteiger charge is 2.19. The van der Waals surface area contributed by atoms with Crippen molar-refractivity contribution in [3.63, 3.8) is 0 Å². The van der Waals surface area contributed by atoms with E-state index in [1.54, 1.807) is 0 Å². The zero-order chi connectivity index (χ0) is 43.0. The fraction of sp³-hybridized carbons (Fsp3) is 0. The molecule has 13 aromatic rings. The van der Waals surface area contributed by atoms with Gasteiger partial charge in [0.15, 0.2) is 17.5 Å². The normalized spacial score (nSPS) is 11.8. The van der Waals surface area contributed by atoms with E-state index in [0.29, 0.717) is 17.5 Å². The second kappa shape index (κ2) is 14.6. The van der Waals surface area contributed by atoms with Crippen LogP contribution in [0.15, 0.2) is 219 Å². The molecular formula is C59H38N6. The highest BCUT2D eigenvalue weighted by Crippen LogP contribution is 2.37. The van der Waals surface area contributed by atoms with Gasteiger partial charge in [0.25, 0.3) is 0 Å². The molecule has 0 radical (unpaired) electrons. The van der Waals surface area contributed by atoms with Crippen molar-refractivity contribution in [2.45, 2.75) is 0 Å². The first kappa shape index (κ1) is 36.8. The van der Waals surface area contributed by atoms with Crippen LogP contribution in [0, 0.1) is 0 Å². The average Bonchev–Trinajstić information content (AvgIpc) is 4.02. The minimum absolute atomic E-state index is 0.587. The number of benzene rings is 9. The Morgan fingerprint density at radius 2 is 0.600 bits per heavy atom. The van der Waals surface area contributed by atoms with Gasteiger partial charge < -0.3 is 13.7 Å². The standard InChI is InChI=1S/C59H38N6/c1-2-38-32-33-50-49-26-7-12-31-55(49)65(56(50)34-38)44-21-15-18-41(37-44)59-61-57(39-16-13-19-42(35-39)63-51-27-8-3-22-45(51)46-23-4-9-28-52(46)63)60-58(62-59)40-17-14-20-43(36-40)64-53-29-10-5-24-47(53)48-25-6-11-30-54(48)64/h2-37H,1H2. The second-order valence-electron chi connectivity index (χ2n) is 16.5. The van der Waals surface area contributed by atoms with E-state index in [1.165, 1.54) is 32.3 Å². The lowest BCUT2D eigenvalue weighted by molar-refractivity contribution is 1.07. The maximum absolute atomic E-state index is 5.32. The van der Waals surface area contributed by atoms with Crippen LogP contribution in [0.25, 0.3) is 123 Å². The van der Waals surface area contributed by atoms with E-state index < -0.39 is 0 Å². The zero-order valence-corrected chi connectivity index (χ0v) is 35.2. The van der Waals surface area contributed by atoms with Crippen LogP contribution in [0.3, 0.4) is 0 Å². The summed E-state index contributed by atoms with van der Waals surface area (Å²) >= 11 is 0. The minimum atomic E-state index is 0.587. The fourth-order valence-electron chi connectivity index (χ4n) is 9.91. The highest BCUT2D eigenvalue weighted by molar-refractivity contribution is 6.11. The number of nitrogens with zero attached hydrogens (tertiary/aromatic N) is 6. The van der Waals surface area contributed by atoms with Gasteiger partial charge in [-0.2, -0.15) is 0 Å². The molecule has 13 rings (SSSR count). The van der Waals surface area contributed by atoms with Gasteiger partial charge >= 0.3 is 0 Å². The van der Waals surface area contributed by atoms with Gasteiger partial charge in [0.2, 0.25) is 0 Å². The van der Waals surface area contributed by atoms with E-state index >= 15 is 0 Å². The van der Waals surface area contributed by atoms with Crippen molar-refractivity contribution in [3.05, 3.63) is 224 Å². The van der Waals surface area contributed by atoms with Crippen LogP contribution < -0.4 is 0 Å². The van der Waals surface area contributed by atoms with Crippen molar-refractivity contribution in [1.29, 1.82) is 0 Å². The van der Waals surface area contributed by atoms with Gasteiger partial charge in [0, 0.05) is 66.1 Å². The van der Waals surface area contributed by atoms with E-state index in [2.05, 4.69) is 233 Å². The van der Waals surface area contributed by atoms with E-state index in [1.807, 2.05) is 6.08 Å². The molecule has 0 saturated carbocycles. The van der Waals surface area contributed by atoms with Gasteiger partial charge in [-0.05, 0) is 78.4 Å². The summed E-state index contributed by atoms with van der Waals surface area (Å²) in [7, 11) is 0. The highest BCUT2D eigenvalue weighted by atomic mass is 15.0. The Morgan fingerprint density at radius 1 is 0.292 bits per heavy atom. The first-order valence-electron chi connectivity index (χ1n) is 21.9. The predicted octanol–water partition coefficient (Wildman–Crippen LogP) is 14.8. The maximum Gasteiger partial charge on any atom is 0.164 e. The SMILES string of the molecule is C=Cc1ccc2c3ccccc3n(-c3cccc(-c4nc(-c5cccc(-n6c7ccccc7c7ccccc76)c5)nc(-c5cccc(-n6c7ccccc7c7ccccc76)c5)n4)c3)c2c1. The molecule has 4 aromatic heterocycles. The number of rotatable bonds is 7. The molecular weight excluding hydrogens is 793 g/mol. The molecule has 0 aliphatic carbocycles. The lowest BCUT2D eigenvalue weighted by Crippen LogP contribution is -2.02. The Bertz CT molecular complexity index is 3770. The van der Waals surface area contributed by atoms with Crippen LogP contribution >= 0.6 is 0 Å². The third kappa shape index (κ3) is 5.85. The molecule has 304 valence electrons. The van der Waals surface area contributed by atoms with Crippen LogP contribution in [-0.2, 0) is 0 Å². The molecule has 0 fully saturated rings. The summed E-state index contributed by atoms with van der Waals surface area (Å²) < 4.78 is 6.99. The molecule has 6 nitrogen and oxygen atoms in total. The van der Waals surface area contributed by atoms with Crippen LogP contribution in [0.1, 0.15) is 5.56 Å². The fourth-order valence-corrected chi connectivity index (χ4v) is 9.91. The quantitative estimate of drug-likeness (QED) is 0.161. The van der Waals surface area contributed by atoms with Crippen molar-refractivity contribution in [2.24, 2.45) is 0 Å². The first-order valence-corrected chi connectivity index (χ1v) is 21.9. The summed E-state index contributed by atoms with van der Waals surface area (Å²) in [5.41, 5.74) is 13.6. The van der Waals surface area contributed by atoms with Crippen LogP contribution in [-0.4, -0.2) is 28.7 Å². The third-order valence-electron chi connectivity index (χ3n) is 12.8. The summed E-state index contributed by atoms with van der Waals surface area (Å²) in [5.74, 6) is 1.77. The predicted molar refractivity (Wildman–Crippen MR) is 269 cm³/mol. The summed E-state index contributed by atoms with van der Waals surface area (Å²) in [4.78, 5) is 15.9. The van der Waals surface area contributed by atoms with E-state index in [0.717, 1.165) is 72.4 Å². The van der Waals surface area contributed by atoms with Crippen LogP contribution in [0.5, 0.6) is 0 Å². The Balaban J connectivity index is 1.02. The van der Waals surface area contributed by atoms with Crippen molar-refractivity contribution < 1.29 is 0 Å². The molecule has 0 saturated heterocycles. The third-order valence-corrected chi connectivity index (χ3v) is 12.8. The van der Waals surface area contributed by atoms with Crippen molar-refractivity contribution in [1.82, 2.24) is 28.7 Å². The summed E-state index contributed by atoms with van der Waals surface area (Å²) in [5, 5.41) is 7.23. The zero-order valence-electron chi connectivity index (χ0n) is 35.2. The van der Waals surface area contributed by atoms with E-state index in [-0.39, 0.29) is 0 Å². The Hall–Kier alpha value is -8.87. The van der Waals surface area contributed by atoms with E-state index in [9.17, 15) is 0 Å². The monoisotopic (exact) mass is 830 g/mol.